The first-order valence-electron chi connectivity index (χ1n) is 24.9. The first-order valence-corrected chi connectivity index (χ1v) is 24.9. The number of ether oxygens (including phenoxy) is 6. The molecule has 0 aromatic heterocycles. The Labute approximate surface area is 394 Å². The Bertz CT molecular complexity index is 1380. The van der Waals surface area contributed by atoms with Gasteiger partial charge in [-0.3, -0.25) is 9.59 Å². The Morgan fingerprint density at radius 3 is 1.55 bits per heavy atom. The van der Waals surface area contributed by atoms with Crippen molar-refractivity contribution in [3.63, 3.8) is 0 Å². The molecule has 0 radical (unpaired) electrons. The normalized spacial score (nSPS) is 26.7. The summed E-state index contributed by atoms with van der Waals surface area (Å²) in [5.41, 5.74) is 0. The van der Waals surface area contributed by atoms with Gasteiger partial charge in [-0.1, -0.05) is 145 Å². The molecule has 0 spiro atoms. The minimum Gasteiger partial charge on any atom is -0.462 e. The number of hydrogen-bond donors (Lipinski definition) is 7. The van der Waals surface area contributed by atoms with Crippen LogP contribution in [0.2, 0.25) is 0 Å². The molecule has 7 N–H and O–H groups in total. The van der Waals surface area contributed by atoms with Crippen LogP contribution in [0.4, 0.5) is 0 Å². The van der Waals surface area contributed by atoms with Crippen molar-refractivity contribution in [2.45, 2.75) is 223 Å². The zero-order chi connectivity index (χ0) is 48.2. The Morgan fingerprint density at radius 2 is 0.970 bits per heavy atom. The zero-order valence-corrected chi connectivity index (χ0v) is 39.9. The highest BCUT2D eigenvalue weighted by molar-refractivity contribution is 5.70. The van der Waals surface area contributed by atoms with Gasteiger partial charge in [-0.25, -0.2) is 0 Å². The molecule has 0 aliphatic carbocycles. The topological polar surface area (TPSA) is 231 Å². The van der Waals surface area contributed by atoms with E-state index in [0.717, 1.165) is 70.6 Å². The van der Waals surface area contributed by atoms with Crippen molar-refractivity contribution >= 4 is 11.9 Å². The number of aliphatic hydroxyl groups is 7. The van der Waals surface area contributed by atoms with Gasteiger partial charge in [0.2, 0.25) is 0 Å². The summed E-state index contributed by atoms with van der Waals surface area (Å²) in [4.78, 5) is 25.7. The minimum absolute atomic E-state index is 0.152. The fourth-order valence-electron chi connectivity index (χ4n) is 7.46. The average Bonchev–Trinajstić information content (AvgIpc) is 3.31. The number of hydrogen-bond acceptors (Lipinski definition) is 15. The molecule has 2 aliphatic rings. The van der Waals surface area contributed by atoms with Gasteiger partial charge >= 0.3 is 11.9 Å². The van der Waals surface area contributed by atoms with Gasteiger partial charge in [0, 0.05) is 12.8 Å². The van der Waals surface area contributed by atoms with Crippen molar-refractivity contribution < 1.29 is 73.8 Å². The quantitative estimate of drug-likeness (QED) is 0.0153. The highest BCUT2D eigenvalue weighted by Gasteiger charge is 2.47. The molecule has 0 saturated carbocycles. The van der Waals surface area contributed by atoms with Gasteiger partial charge in [0.25, 0.3) is 0 Å². The second kappa shape index (κ2) is 38.1. The third-order valence-electron chi connectivity index (χ3n) is 11.6. The number of carbonyl (C=O) groups is 2. The van der Waals surface area contributed by atoms with Gasteiger partial charge in [0.1, 0.15) is 55.4 Å². The van der Waals surface area contributed by atoms with E-state index in [-0.39, 0.29) is 19.4 Å². The summed E-state index contributed by atoms with van der Waals surface area (Å²) in [6.07, 6.45) is 25.3. The van der Waals surface area contributed by atoms with Crippen LogP contribution in [0.15, 0.2) is 60.8 Å². The summed E-state index contributed by atoms with van der Waals surface area (Å²) in [6, 6.07) is 0. The molecule has 0 amide bonds. The maximum Gasteiger partial charge on any atom is 0.306 e. The van der Waals surface area contributed by atoms with Crippen LogP contribution in [-0.4, -0.2) is 142 Å². The number of esters is 2. The Kier molecular flexibility index (Phi) is 34.2. The summed E-state index contributed by atoms with van der Waals surface area (Å²) in [7, 11) is 0. The van der Waals surface area contributed by atoms with E-state index in [1.165, 1.54) is 44.9 Å². The molecule has 0 aromatic carbocycles. The molecule has 2 aliphatic heterocycles. The number of carbonyl (C=O) groups excluding carboxylic acids is 2. The second-order valence-electron chi connectivity index (χ2n) is 17.3. The SMILES string of the molecule is CC/C=C/C=C/C=C/C=C/CCCCCCCC(=O)OC[C@H](CO[C@@H]1O[C@H](CO[C@@H]2O[C@H](CO)[C@H](O)C(O)C2O)[C@H](O)C(O)C1O)OC(=O)CCCCCCCCC/C=C/CCCCCC. The van der Waals surface area contributed by atoms with Crippen LogP contribution < -0.4 is 0 Å². The van der Waals surface area contributed by atoms with E-state index in [2.05, 4.69) is 38.2 Å². The fraction of sp³-hybridized carbons (Fsp3) is 0.765. The van der Waals surface area contributed by atoms with Crippen LogP contribution in [0.1, 0.15) is 155 Å². The molecule has 0 aromatic rings. The van der Waals surface area contributed by atoms with Crippen LogP contribution in [0.5, 0.6) is 0 Å². The molecule has 66 heavy (non-hydrogen) atoms. The van der Waals surface area contributed by atoms with Crippen LogP contribution >= 0.6 is 0 Å². The largest absolute Gasteiger partial charge is 0.462 e. The minimum atomic E-state index is -1.77. The Morgan fingerprint density at radius 1 is 0.500 bits per heavy atom. The van der Waals surface area contributed by atoms with Gasteiger partial charge in [-0.2, -0.15) is 0 Å². The summed E-state index contributed by atoms with van der Waals surface area (Å²) >= 11 is 0. The Balaban J connectivity index is 1.84. The highest BCUT2D eigenvalue weighted by Crippen LogP contribution is 2.26. The summed E-state index contributed by atoms with van der Waals surface area (Å²) < 4.78 is 33.5. The lowest BCUT2D eigenvalue weighted by atomic mass is 9.98. The van der Waals surface area contributed by atoms with E-state index >= 15 is 0 Å². The van der Waals surface area contributed by atoms with E-state index < -0.39 is 99.3 Å². The van der Waals surface area contributed by atoms with Crippen molar-refractivity contribution in [3.05, 3.63) is 60.8 Å². The molecule has 2 fully saturated rings. The van der Waals surface area contributed by atoms with Gasteiger partial charge in [-0.05, 0) is 57.8 Å². The fourth-order valence-corrected chi connectivity index (χ4v) is 7.46. The van der Waals surface area contributed by atoms with Crippen molar-refractivity contribution in [1.82, 2.24) is 0 Å². The van der Waals surface area contributed by atoms with Gasteiger partial charge in [-0.15, -0.1) is 0 Å². The summed E-state index contributed by atoms with van der Waals surface area (Å²) in [5, 5.41) is 72.0. The van der Waals surface area contributed by atoms with Crippen molar-refractivity contribution in [2.24, 2.45) is 0 Å². The number of allylic oxidation sites excluding steroid dienone is 10. The lowest BCUT2D eigenvalue weighted by molar-refractivity contribution is -0.332. The lowest BCUT2D eigenvalue weighted by Gasteiger charge is -2.42. The van der Waals surface area contributed by atoms with Crippen LogP contribution in [0.3, 0.4) is 0 Å². The molecule has 15 nitrogen and oxygen atoms in total. The molecular weight excluding hydrogens is 853 g/mol. The third kappa shape index (κ3) is 26.1. The van der Waals surface area contributed by atoms with Crippen molar-refractivity contribution in [3.8, 4) is 0 Å². The predicted octanol–water partition coefficient (Wildman–Crippen LogP) is 6.49. The molecule has 11 atom stereocenters. The first kappa shape index (κ1) is 59.3. The van der Waals surface area contributed by atoms with Crippen LogP contribution in [-0.2, 0) is 38.0 Å². The third-order valence-corrected chi connectivity index (χ3v) is 11.6. The predicted molar refractivity (Wildman–Crippen MR) is 252 cm³/mol. The molecule has 15 heteroatoms. The van der Waals surface area contributed by atoms with E-state index in [9.17, 15) is 45.3 Å². The van der Waals surface area contributed by atoms with Gasteiger partial charge in [0.05, 0.1) is 19.8 Å². The van der Waals surface area contributed by atoms with E-state index in [4.69, 9.17) is 28.4 Å². The van der Waals surface area contributed by atoms with Crippen LogP contribution in [0, 0.1) is 0 Å². The van der Waals surface area contributed by atoms with Gasteiger partial charge < -0.3 is 64.2 Å². The zero-order valence-electron chi connectivity index (χ0n) is 39.9. The maximum atomic E-state index is 13.0. The van der Waals surface area contributed by atoms with E-state index in [1.54, 1.807) is 0 Å². The van der Waals surface area contributed by atoms with Gasteiger partial charge in [0.15, 0.2) is 18.7 Å². The highest BCUT2D eigenvalue weighted by atomic mass is 16.7. The van der Waals surface area contributed by atoms with Crippen molar-refractivity contribution in [1.29, 1.82) is 0 Å². The summed E-state index contributed by atoms with van der Waals surface area (Å²) in [6.45, 7) is 2.39. The molecule has 4 unspecified atom stereocenters. The summed E-state index contributed by atoms with van der Waals surface area (Å²) in [5.74, 6) is -0.962. The molecule has 380 valence electrons. The second-order valence-corrected chi connectivity index (χ2v) is 17.3. The molecular formula is C51H86O15. The monoisotopic (exact) mass is 939 g/mol. The molecule has 0 bridgehead atoms. The van der Waals surface area contributed by atoms with E-state index in [1.807, 2.05) is 36.5 Å². The lowest BCUT2D eigenvalue weighted by Crippen LogP contribution is -2.61. The Hall–Kier alpha value is -2.80. The number of unbranched alkanes of at least 4 members (excludes halogenated alkanes) is 16. The average molecular weight is 939 g/mol. The molecule has 2 saturated heterocycles. The van der Waals surface area contributed by atoms with Crippen molar-refractivity contribution in [2.75, 3.05) is 26.4 Å². The smallest absolute Gasteiger partial charge is 0.306 e. The first-order chi connectivity index (χ1) is 32.0. The maximum absolute atomic E-state index is 13.0. The number of rotatable bonds is 37. The molecule has 2 rings (SSSR count). The van der Waals surface area contributed by atoms with Crippen LogP contribution in [0.25, 0.3) is 0 Å². The standard InChI is InChI=1S/C51H86O15/c1-3-5-7-9-11-13-15-17-19-21-23-25-27-29-31-33-42(53)61-36-39(64-43(54)34-32-30-28-26-24-22-20-18-16-14-12-10-8-6-4-2)37-62-50-49(60)47(58)45(56)41(66-50)38-63-51-48(59)46(57)44(55)40(35-52)65-51/h5,7,9,11,13-17,19,39-41,44-52,55-60H,3-4,6,8,10,12,18,20-38H2,1-2H3/b7-5+,11-9+,15-13+,16-14+,19-17+/t39-,40-,41-,44+,45+,46?,47?,48?,49?,50-,51-/m1/s1. The van der Waals surface area contributed by atoms with E-state index in [0.29, 0.717) is 12.8 Å². The molecule has 2 heterocycles. The number of aliphatic hydroxyl groups excluding tert-OH is 7.